The first-order valence-corrected chi connectivity index (χ1v) is 9.16. The molecule has 0 aliphatic carbocycles. The highest BCUT2D eigenvalue weighted by atomic mass is 79.9. The molecule has 8 heteroatoms. The van der Waals surface area contributed by atoms with Gasteiger partial charge in [0.25, 0.3) is 5.91 Å². The third-order valence-electron chi connectivity index (χ3n) is 3.78. The molecule has 0 radical (unpaired) electrons. The first-order valence-electron chi connectivity index (χ1n) is 8.37. The summed E-state index contributed by atoms with van der Waals surface area (Å²) in [6, 6.07) is 12.6. The molecule has 0 saturated heterocycles. The number of aromatic nitrogens is 3. The van der Waals surface area contributed by atoms with Crippen molar-refractivity contribution in [2.75, 3.05) is 6.54 Å². The summed E-state index contributed by atoms with van der Waals surface area (Å²) in [6.07, 6.45) is 5.41. The largest absolute Gasteiger partial charge is 0.352 e. The van der Waals surface area contributed by atoms with E-state index in [1.807, 2.05) is 24.4 Å². The fraction of sp³-hybridized carbons (Fsp3) is 0.158. The molecule has 2 heterocycles. The number of carbonyl (C=O) groups is 2. The molecule has 138 valence electrons. The van der Waals surface area contributed by atoms with Gasteiger partial charge in [-0.3, -0.25) is 9.59 Å². The van der Waals surface area contributed by atoms with E-state index in [1.54, 1.807) is 41.3 Å². The molecule has 0 aliphatic rings. The Morgan fingerprint density at radius 2 is 1.89 bits per heavy atom. The van der Waals surface area contributed by atoms with E-state index in [0.29, 0.717) is 17.9 Å². The van der Waals surface area contributed by atoms with E-state index in [1.165, 1.54) is 0 Å². The lowest BCUT2D eigenvalue weighted by Gasteiger charge is -2.07. The lowest BCUT2D eigenvalue weighted by molar-refractivity contribution is -0.121. The Morgan fingerprint density at radius 3 is 2.56 bits per heavy atom. The monoisotopic (exact) mass is 427 g/mol. The summed E-state index contributed by atoms with van der Waals surface area (Å²) in [5.41, 5.74) is 1.44. The van der Waals surface area contributed by atoms with Gasteiger partial charge in [-0.1, -0.05) is 22.0 Å². The van der Waals surface area contributed by atoms with Crippen molar-refractivity contribution in [2.45, 2.75) is 13.0 Å². The molecule has 3 aromatic rings. The first-order chi connectivity index (χ1) is 13.1. The van der Waals surface area contributed by atoms with Gasteiger partial charge in [-0.2, -0.15) is 5.10 Å². The summed E-state index contributed by atoms with van der Waals surface area (Å²) >= 11 is 3.32. The number of pyridine rings is 1. The van der Waals surface area contributed by atoms with Gasteiger partial charge in [0.1, 0.15) is 0 Å². The van der Waals surface area contributed by atoms with Crippen LogP contribution in [0.3, 0.4) is 0 Å². The third-order valence-corrected chi connectivity index (χ3v) is 4.31. The Kier molecular flexibility index (Phi) is 6.32. The molecule has 3 rings (SSSR count). The molecule has 2 N–H and O–H groups in total. The van der Waals surface area contributed by atoms with Crippen LogP contribution in [0, 0.1) is 0 Å². The molecule has 2 amide bonds. The zero-order valence-electron chi connectivity index (χ0n) is 14.4. The van der Waals surface area contributed by atoms with Crippen LogP contribution < -0.4 is 10.6 Å². The Balaban J connectivity index is 1.39. The predicted octanol–water partition coefficient (Wildman–Crippen LogP) is 2.47. The second kappa shape index (κ2) is 9.09. The van der Waals surface area contributed by atoms with Crippen LogP contribution in [0.5, 0.6) is 0 Å². The van der Waals surface area contributed by atoms with Gasteiger partial charge in [-0.05, 0) is 42.0 Å². The van der Waals surface area contributed by atoms with Gasteiger partial charge >= 0.3 is 0 Å². The molecule has 0 unspecified atom stereocenters. The summed E-state index contributed by atoms with van der Waals surface area (Å²) < 4.78 is 2.57. The summed E-state index contributed by atoms with van der Waals surface area (Å²) in [5, 5.41) is 9.66. The molecule has 0 bridgehead atoms. The predicted molar refractivity (Wildman–Crippen MR) is 104 cm³/mol. The Bertz CT molecular complexity index is 893. The maximum absolute atomic E-state index is 12.0. The number of hydrogen-bond donors (Lipinski definition) is 2. The quantitative estimate of drug-likeness (QED) is 0.605. The summed E-state index contributed by atoms with van der Waals surface area (Å²) in [5.74, 6) is 0.377. The number of nitrogens with zero attached hydrogens (tertiary/aromatic N) is 3. The second-order valence-electron chi connectivity index (χ2n) is 5.76. The molecular formula is C19H18BrN5O2. The average molecular weight is 428 g/mol. The van der Waals surface area contributed by atoms with Crippen molar-refractivity contribution >= 4 is 27.7 Å². The van der Waals surface area contributed by atoms with E-state index in [2.05, 4.69) is 36.6 Å². The number of hydrogen-bond acceptors (Lipinski definition) is 4. The number of benzene rings is 1. The minimum atomic E-state index is -0.200. The molecule has 1 aromatic carbocycles. The Hall–Kier alpha value is -3.00. The van der Waals surface area contributed by atoms with Crippen molar-refractivity contribution < 1.29 is 9.59 Å². The Morgan fingerprint density at radius 1 is 1.07 bits per heavy atom. The van der Waals surface area contributed by atoms with Crippen LogP contribution in [0.2, 0.25) is 0 Å². The van der Waals surface area contributed by atoms with E-state index < -0.39 is 0 Å². The van der Waals surface area contributed by atoms with E-state index in [-0.39, 0.29) is 24.8 Å². The van der Waals surface area contributed by atoms with E-state index in [4.69, 9.17) is 0 Å². The van der Waals surface area contributed by atoms with E-state index in [9.17, 15) is 9.59 Å². The van der Waals surface area contributed by atoms with Crippen LogP contribution in [0.1, 0.15) is 22.3 Å². The minimum absolute atomic E-state index is 0.137. The van der Waals surface area contributed by atoms with Crippen molar-refractivity contribution in [3.63, 3.8) is 0 Å². The zero-order chi connectivity index (χ0) is 19.1. The van der Waals surface area contributed by atoms with Gasteiger partial charge in [-0.25, -0.2) is 9.67 Å². The summed E-state index contributed by atoms with van der Waals surface area (Å²) in [6.45, 7) is 0.656. The van der Waals surface area contributed by atoms with Crippen LogP contribution in [0.4, 0.5) is 0 Å². The number of nitrogens with one attached hydrogen (secondary N) is 2. The van der Waals surface area contributed by atoms with Crippen molar-refractivity contribution in [2.24, 2.45) is 0 Å². The van der Waals surface area contributed by atoms with Crippen molar-refractivity contribution in [1.29, 1.82) is 0 Å². The number of rotatable bonds is 7. The standard InChI is InChI=1S/C19H18BrN5O2/c20-16-5-3-15(4-6-16)19(27)21-10-8-18(26)23-13-14-2-7-17(22-12-14)25-11-1-9-24-25/h1-7,9,11-12H,8,10,13H2,(H,21,27)(H,23,26). The highest BCUT2D eigenvalue weighted by Crippen LogP contribution is 2.10. The SMILES string of the molecule is O=C(CCNC(=O)c1ccc(Br)cc1)NCc1ccc(-n2cccn2)nc1. The van der Waals surface area contributed by atoms with Gasteiger partial charge in [0.05, 0.1) is 0 Å². The fourth-order valence-electron chi connectivity index (χ4n) is 2.34. The van der Waals surface area contributed by atoms with Crippen LogP contribution in [-0.4, -0.2) is 33.1 Å². The van der Waals surface area contributed by atoms with Gasteiger partial charge < -0.3 is 10.6 Å². The normalized spacial score (nSPS) is 10.4. The second-order valence-corrected chi connectivity index (χ2v) is 6.68. The zero-order valence-corrected chi connectivity index (χ0v) is 16.0. The van der Waals surface area contributed by atoms with Crippen LogP contribution in [0.15, 0.2) is 65.5 Å². The fourth-order valence-corrected chi connectivity index (χ4v) is 2.61. The molecule has 0 saturated carbocycles. The van der Waals surface area contributed by atoms with E-state index in [0.717, 1.165) is 10.0 Å². The van der Waals surface area contributed by atoms with Gasteiger partial charge in [0.15, 0.2) is 5.82 Å². The molecule has 0 spiro atoms. The molecule has 2 aromatic heterocycles. The highest BCUT2D eigenvalue weighted by Gasteiger charge is 2.07. The maximum Gasteiger partial charge on any atom is 0.251 e. The first kappa shape index (κ1) is 18.8. The van der Waals surface area contributed by atoms with Gasteiger partial charge in [-0.15, -0.1) is 0 Å². The number of amides is 2. The lowest BCUT2D eigenvalue weighted by Crippen LogP contribution is -2.30. The summed E-state index contributed by atoms with van der Waals surface area (Å²) in [4.78, 5) is 28.2. The smallest absolute Gasteiger partial charge is 0.251 e. The lowest BCUT2D eigenvalue weighted by atomic mass is 10.2. The molecular weight excluding hydrogens is 410 g/mol. The van der Waals surface area contributed by atoms with Crippen LogP contribution >= 0.6 is 15.9 Å². The maximum atomic E-state index is 12.0. The molecule has 0 aliphatic heterocycles. The number of halogens is 1. The van der Waals surface area contributed by atoms with Crippen LogP contribution in [0.25, 0.3) is 5.82 Å². The van der Waals surface area contributed by atoms with Crippen LogP contribution in [-0.2, 0) is 11.3 Å². The molecule has 0 atom stereocenters. The number of carbonyl (C=O) groups excluding carboxylic acids is 2. The van der Waals surface area contributed by atoms with Crippen molar-refractivity contribution in [1.82, 2.24) is 25.4 Å². The molecule has 7 nitrogen and oxygen atoms in total. The average Bonchev–Trinajstić information content (AvgIpc) is 3.22. The molecule has 0 fully saturated rings. The third kappa shape index (κ3) is 5.49. The highest BCUT2D eigenvalue weighted by molar-refractivity contribution is 9.10. The van der Waals surface area contributed by atoms with Gasteiger partial charge in [0.2, 0.25) is 5.91 Å². The van der Waals surface area contributed by atoms with Crippen molar-refractivity contribution in [3.8, 4) is 5.82 Å². The Labute approximate surface area is 164 Å². The summed E-state index contributed by atoms with van der Waals surface area (Å²) in [7, 11) is 0. The van der Waals surface area contributed by atoms with Crippen molar-refractivity contribution in [3.05, 3.63) is 76.7 Å². The molecule has 27 heavy (non-hydrogen) atoms. The topological polar surface area (TPSA) is 88.9 Å². The van der Waals surface area contributed by atoms with E-state index >= 15 is 0 Å². The van der Waals surface area contributed by atoms with Gasteiger partial charge in [0, 0.05) is 48.1 Å². The minimum Gasteiger partial charge on any atom is -0.352 e.